The molecular weight excluding hydrogens is 222 g/mol. The van der Waals surface area contributed by atoms with Gasteiger partial charge in [-0.2, -0.15) is 0 Å². The monoisotopic (exact) mass is 245 g/mol. The third-order valence-electron chi connectivity index (χ3n) is 4.40. The fourth-order valence-electron chi connectivity index (χ4n) is 3.40. The van der Waals surface area contributed by atoms with Crippen molar-refractivity contribution in [1.29, 1.82) is 0 Å². The van der Waals surface area contributed by atoms with Gasteiger partial charge in [0.15, 0.2) is 0 Å². The van der Waals surface area contributed by atoms with E-state index in [9.17, 15) is 0 Å². The Morgan fingerprint density at radius 1 is 1.33 bits per heavy atom. The molecule has 3 heteroatoms. The number of fused-ring (bicyclic) bond motifs is 1. The molecule has 2 heterocycles. The van der Waals surface area contributed by atoms with Gasteiger partial charge in [-0.15, -0.1) is 0 Å². The number of hydrogen-bond acceptors (Lipinski definition) is 3. The van der Waals surface area contributed by atoms with E-state index in [2.05, 4.69) is 35.0 Å². The Balaban J connectivity index is 1.84. The first kappa shape index (κ1) is 11.8. The molecule has 18 heavy (non-hydrogen) atoms. The summed E-state index contributed by atoms with van der Waals surface area (Å²) in [6, 6.07) is 7.63. The Kier molecular flexibility index (Phi) is 3.16. The van der Waals surface area contributed by atoms with E-state index in [0.29, 0.717) is 6.04 Å². The van der Waals surface area contributed by atoms with Crippen LogP contribution in [-0.4, -0.2) is 32.7 Å². The first-order chi connectivity index (χ1) is 8.79. The zero-order chi connectivity index (χ0) is 12.5. The summed E-state index contributed by atoms with van der Waals surface area (Å²) in [5.41, 5.74) is 10.0. The van der Waals surface area contributed by atoms with Crippen LogP contribution in [0.4, 0.5) is 11.4 Å². The average Bonchev–Trinajstić information content (AvgIpc) is 2.97. The molecule has 0 spiro atoms. The third kappa shape index (κ3) is 1.97. The van der Waals surface area contributed by atoms with Crippen LogP contribution in [-0.2, 0) is 6.42 Å². The van der Waals surface area contributed by atoms with Crippen LogP contribution in [0.5, 0.6) is 0 Å². The zero-order valence-electron chi connectivity index (χ0n) is 11.2. The molecule has 0 amide bonds. The van der Waals surface area contributed by atoms with Crippen molar-refractivity contribution in [3.63, 3.8) is 0 Å². The number of hydrogen-bond donors (Lipinski definition) is 1. The van der Waals surface area contributed by atoms with Gasteiger partial charge in [0.05, 0.1) is 0 Å². The van der Waals surface area contributed by atoms with Crippen LogP contribution in [0.3, 0.4) is 0 Å². The second kappa shape index (κ2) is 4.81. The number of likely N-dealkylation sites (N-methyl/N-ethyl adjacent to an activating group) is 1. The molecule has 1 fully saturated rings. The fourth-order valence-corrected chi connectivity index (χ4v) is 3.40. The highest BCUT2D eigenvalue weighted by molar-refractivity contribution is 5.64. The number of nitrogens with zero attached hydrogens (tertiary/aromatic N) is 2. The summed E-state index contributed by atoms with van der Waals surface area (Å²) in [7, 11) is 2.18. The summed E-state index contributed by atoms with van der Waals surface area (Å²) in [6.07, 6.45) is 4.92. The van der Waals surface area contributed by atoms with Crippen LogP contribution < -0.4 is 15.5 Å². The van der Waals surface area contributed by atoms with Crippen LogP contribution in [0.25, 0.3) is 0 Å². The maximum Gasteiger partial charge on any atom is 0.0398 e. The van der Waals surface area contributed by atoms with Crippen LogP contribution in [0.2, 0.25) is 0 Å². The second-order valence-electron chi connectivity index (χ2n) is 5.55. The molecule has 2 aliphatic rings. The van der Waals surface area contributed by atoms with Gasteiger partial charge in [0, 0.05) is 37.6 Å². The fraction of sp³-hybridized carbons (Fsp3) is 0.600. The Morgan fingerprint density at radius 3 is 3.06 bits per heavy atom. The minimum Gasteiger partial charge on any atom is -0.374 e. The standard InChI is InChI=1S/C15H23N3/c1-17-10-7-12-11-14(4-5-15(12)17)18-9-2-3-13(18)6-8-16/h4-5,11,13H,2-3,6-10,16H2,1H3. The smallest absolute Gasteiger partial charge is 0.0398 e. The van der Waals surface area contributed by atoms with E-state index in [1.807, 2.05) is 0 Å². The van der Waals surface area contributed by atoms with E-state index in [4.69, 9.17) is 5.73 Å². The SMILES string of the molecule is CN1CCc2cc(N3CCCC3CCN)ccc21. The highest BCUT2D eigenvalue weighted by atomic mass is 15.2. The quantitative estimate of drug-likeness (QED) is 0.884. The lowest BCUT2D eigenvalue weighted by molar-refractivity contribution is 0.618. The molecule has 3 nitrogen and oxygen atoms in total. The van der Waals surface area contributed by atoms with E-state index >= 15 is 0 Å². The maximum atomic E-state index is 5.72. The molecule has 98 valence electrons. The first-order valence-corrected chi connectivity index (χ1v) is 7.10. The number of anilines is 2. The Labute approximate surface area is 110 Å². The summed E-state index contributed by atoms with van der Waals surface area (Å²) in [5, 5.41) is 0. The van der Waals surface area contributed by atoms with E-state index in [1.165, 1.54) is 42.7 Å². The van der Waals surface area contributed by atoms with Gasteiger partial charge in [-0.3, -0.25) is 0 Å². The lowest BCUT2D eigenvalue weighted by atomic mass is 10.1. The van der Waals surface area contributed by atoms with Crippen molar-refractivity contribution in [3.8, 4) is 0 Å². The predicted octanol–water partition coefficient (Wildman–Crippen LogP) is 2.00. The molecule has 1 unspecified atom stereocenters. The summed E-state index contributed by atoms with van der Waals surface area (Å²) in [6.45, 7) is 3.15. The Hall–Kier alpha value is -1.22. The van der Waals surface area contributed by atoms with Gasteiger partial charge in [0.25, 0.3) is 0 Å². The van der Waals surface area contributed by atoms with Gasteiger partial charge in [-0.05, 0) is 56.0 Å². The van der Waals surface area contributed by atoms with Crippen molar-refractivity contribution in [1.82, 2.24) is 0 Å². The van der Waals surface area contributed by atoms with Gasteiger partial charge in [0.1, 0.15) is 0 Å². The van der Waals surface area contributed by atoms with Crippen molar-refractivity contribution < 1.29 is 0 Å². The maximum absolute atomic E-state index is 5.72. The minimum atomic E-state index is 0.659. The molecule has 2 aliphatic heterocycles. The number of nitrogens with two attached hydrogens (primary N) is 1. The molecule has 2 N–H and O–H groups in total. The Morgan fingerprint density at radius 2 is 2.22 bits per heavy atom. The largest absolute Gasteiger partial charge is 0.374 e. The molecular formula is C15H23N3. The zero-order valence-corrected chi connectivity index (χ0v) is 11.2. The molecule has 0 radical (unpaired) electrons. The molecule has 1 aromatic rings. The summed E-state index contributed by atoms with van der Waals surface area (Å²) in [4.78, 5) is 4.91. The van der Waals surface area contributed by atoms with E-state index in [0.717, 1.165) is 19.5 Å². The van der Waals surface area contributed by atoms with E-state index in [1.54, 1.807) is 0 Å². The molecule has 3 rings (SSSR count). The van der Waals surface area contributed by atoms with Gasteiger partial charge in [-0.25, -0.2) is 0 Å². The van der Waals surface area contributed by atoms with E-state index < -0.39 is 0 Å². The third-order valence-corrected chi connectivity index (χ3v) is 4.40. The lowest BCUT2D eigenvalue weighted by Crippen LogP contribution is -2.31. The molecule has 1 saturated heterocycles. The van der Waals surface area contributed by atoms with Gasteiger partial charge in [0.2, 0.25) is 0 Å². The molecule has 0 bridgehead atoms. The van der Waals surface area contributed by atoms with Crippen molar-refractivity contribution >= 4 is 11.4 Å². The summed E-state index contributed by atoms with van der Waals surface area (Å²) in [5.74, 6) is 0. The number of rotatable bonds is 3. The van der Waals surface area contributed by atoms with Crippen molar-refractivity contribution in [2.24, 2.45) is 5.73 Å². The lowest BCUT2D eigenvalue weighted by Gasteiger charge is -2.27. The predicted molar refractivity (Wildman–Crippen MR) is 77.5 cm³/mol. The van der Waals surface area contributed by atoms with Crippen LogP contribution in [0, 0.1) is 0 Å². The topological polar surface area (TPSA) is 32.5 Å². The first-order valence-electron chi connectivity index (χ1n) is 7.10. The van der Waals surface area contributed by atoms with Crippen LogP contribution in [0.15, 0.2) is 18.2 Å². The minimum absolute atomic E-state index is 0.659. The molecule has 0 aromatic heterocycles. The summed E-state index contributed by atoms with van der Waals surface area (Å²) < 4.78 is 0. The number of benzene rings is 1. The van der Waals surface area contributed by atoms with E-state index in [-0.39, 0.29) is 0 Å². The normalized spacial score (nSPS) is 22.7. The highest BCUT2D eigenvalue weighted by Gasteiger charge is 2.25. The molecule has 1 atom stereocenters. The molecule has 1 aromatic carbocycles. The van der Waals surface area contributed by atoms with Crippen LogP contribution >= 0.6 is 0 Å². The molecule has 0 aliphatic carbocycles. The van der Waals surface area contributed by atoms with Crippen molar-refractivity contribution in [2.45, 2.75) is 31.7 Å². The molecule has 0 saturated carbocycles. The van der Waals surface area contributed by atoms with Gasteiger partial charge >= 0.3 is 0 Å². The highest BCUT2D eigenvalue weighted by Crippen LogP contribution is 2.33. The second-order valence-corrected chi connectivity index (χ2v) is 5.55. The van der Waals surface area contributed by atoms with Crippen LogP contribution in [0.1, 0.15) is 24.8 Å². The average molecular weight is 245 g/mol. The summed E-state index contributed by atoms with van der Waals surface area (Å²) >= 11 is 0. The van der Waals surface area contributed by atoms with Gasteiger partial charge < -0.3 is 15.5 Å². The van der Waals surface area contributed by atoms with Crippen molar-refractivity contribution in [3.05, 3.63) is 23.8 Å². The van der Waals surface area contributed by atoms with Gasteiger partial charge in [-0.1, -0.05) is 0 Å². The van der Waals surface area contributed by atoms with Crippen molar-refractivity contribution in [2.75, 3.05) is 36.5 Å². The Bertz CT molecular complexity index is 430.